The maximum Gasteiger partial charge on any atom is 0.472 e. The highest BCUT2D eigenvalue weighted by atomic mass is 31.2. The van der Waals surface area contributed by atoms with Crippen LogP contribution in [0.2, 0.25) is 0 Å². The average molecular weight is 1490 g/mol. The summed E-state index contributed by atoms with van der Waals surface area (Å²) in [6.07, 6.45) is 93.8. The lowest BCUT2D eigenvalue weighted by atomic mass is 10.0. The SMILES string of the molecule is CC/C=C\C/C=C\C/C=C\C/C=C\C/C=C\CCCCCCCCCCCCCCCCCCCCCC(=O)OCC(O)COP(=O)(O)OCC(O)COP(=O)(O)OCC(COC(=O)CCCCCCCCC/C=C\C/C=C\C/C=C\CC)OC(=O)CCCCCCC/C=C\C/C=C\C/C=C\CC. The molecular weight excluding hydrogens is 1340 g/mol. The Balaban J connectivity index is 4.38. The molecule has 0 aliphatic rings. The Morgan fingerprint density at radius 2 is 0.485 bits per heavy atom. The number of hydrogen-bond acceptors (Lipinski definition) is 14. The fourth-order valence-corrected chi connectivity index (χ4v) is 12.4. The van der Waals surface area contributed by atoms with Gasteiger partial charge in [-0.25, -0.2) is 9.13 Å². The van der Waals surface area contributed by atoms with E-state index in [1.807, 2.05) is 0 Å². The quantitative estimate of drug-likeness (QED) is 0.0146. The second kappa shape index (κ2) is 77.3. The lowest BCUT2D eigenvalue weighted by molar-refractivity contribution is -0.161. The highest BCUT2D eigenvalue weighted by molar-refractivity contribution is 7.47. The zero-order valence-electron chi connectivity index (χ0n) is 64.7. The molecule has 592 valence electrons. The van der Waals surface area contributed by atoms with Gasteiger partial charge in [-0.05, 0) is 128 Å². The number of phosphoric acid groups is 2. The van der Waals surface area contributed by atoms with Crippen LogP contribution in [0.5, 0.6) is 0 Å². The molecule has 0 aromatic rings. The van der Waals surface area contributed by atoms with E-state index < -0.39 is 91.5 Å². The molecule has 0 spiro atoms. The van der Waals surface area contributed by atoms with Crippen molar-refractivity contribution in [3.05, 3.63) is 134 Å². The number of rotatable bonds is 76. The molecule has 0 aliphatic heterocycles. The number of carbonyl (C=O) groups excluding carboxylic acids is 3. The molecule has 5 unspecified atom stereocenters. The Morgan fingerprint density at radius 1 is 0.272 bits per heavy atom. The number of esters is 3. The molecule has 0 aromatic carbocycles. The minimum Gasteiger partial charge on any atom is -0.463 e. The van der Waals surface area contributed by atoms with Gasteiger partial charge in [-0.3, -0.25) is 32.5 Å². The topological polar surface area (TPSA) is 231 Å². The van der Waals surface area contributed by atoms with Gasteiger partial charge in [0.25, 0.3) is 0 Å². The van der Waals surface area contributed by atoms with Gasteiger partial charge in [0.15, 0.2) is 6.10 Å². The molecule has 103 heavy (non-hydrogen) atoms. The van der Waals surface area contributed by atoms with Crippen LogP contribution in [0, 0.1) is 0 Å². The summed E-state index contributed by atoms with van der Waals surface area (Å²) in [6, 6.07) is 0. The summed E-state index contributed by atoms with van der Waals surface area (Å²) in [7, 11) is -9.80. The highest BCUT2D eigenvalue weighted by Gasteiger charge is 2.29. The molecule has 0 saturated heterocycles. The van der Waals surface area contributed by atoms with Gasteiger partial charge in [-0.1, -0.05) is 315 Å². The third kappa shape index (κ3) is 78.6. The third-order valence-corrected chi connectivity index (χ3v) is 18.8. The predicted molar refractivity (Wildman–Crippen MR) is 426 cm³/mol. The second-order valence-electron chi connectivity index (χ2n) is 26.8. The standard InChI is InChI=1S/C85H146O16P2/c1-4-7-10-13-16-19-22-25-28-30-31-32-33-34-35-36-37-38-39-40-41-42-43-44-45-46-47-49-52-53-56-59-62-65-68-71-83(88)95-74-80(86)75-97-102(91,92)98-76-81(87)77-99-103(93,94)100-79-82(101-85(90)73-70-67-64-61-58-55-50-27-24-21-18-15-12-9-6-3)78-96-84(89)72-69-66-63-60-57-54-51-48-29-26-23-20-17-14-11-8-5-2/h7-12,16-21,25-29,31-32,34-35,50,80-82,86-87H,4-6,13-15,22-24,30,33,36-49,51-79H2,1-3H3,(H,91,92)(H,93,94)/b10-7-,11-8-,12-9-,19-16-,20-17-,21-18-,28-25-,29-26-,32-31-,35-34-,50-27-. The first-order chi connectivity index (χ1) is 50.2. The predicted octanol–water partition coefficient (Wildman–Crippen LogP) is 23.9. The monoisotopic (exact) mass is 1490 g/mol. The van der Waals surface area contributed by atoms with Crippen LogP contribution in [-0.4, -0.2) is 95.9 Å². The second-order valence-corrected chi connectivity index (χ2v) is 29.7. The summed E-state index contributed by atoms with van der Waals surface area (Å²) < 4.78 is 61.1. The van der Waals surface area contributed by atoms with Gasteiger partial charge in [0, 0.05) is 19.3 Å². The first-order valence-corrected chi connectivity index (χ1v) is 43.5. The number of carbonyl (C=O) groups is 3. The van der Waals surface area contributed by atoms with Crippen molar-refractivity contribution in [1.82, 2.24) is 0 Å². The third-order valence-electron chi connectivity index (χ3n) is 16.9. The number of aliphatic hydroxyl groups is 2. The van der Waals surface area contributed by atoms with Gasteiger partial charge in [0.2, 0.25) is 0 Å². The molecule has 0 saturated carbocycles. The Kier molecular flexibility index (Phi) is 74.1. The first-order valence-electron chi connectivity index (χ1n) is 40.5. The van der Waals surface area contributed by atoms with E-state index in [-0.39, 0.29) is 19.3 Å². The maximum absolute atomic E-state index is 12.9. The lowest BCUT2D eigenvalue weighted by Crippen LogP contribution is -2.30. The Labute approximate surface area is 626 Å². The van der Waals surface area contributed by atoms with Crippen LogP contribution in [0.1, 0.15) is 329 Å². The molecule has 0 aliphatic carbocycles. The van der Waals surface area contributed by atoms with Crippen LogP contribution >= 0.6 is 15.6 Å². The molecule has 0 fully saturated rings. The number of hydrogen-bond donors (Lipinski definition) is 4. The molecule has 4 N–H and O–H groups in total. The van der Waals surface area contributed by atoms with Crippen LogP contribution in [0.4, 0.5) is 0 Å². The summed E-state index contributed by atoms with van der Waals surface area (Å²) in [4.78, 5) is 58.6. The van der Waals surface area contributed by atoms with E-state index in [0.29, 0.717) is 19.3 Å². The van der Waals surface area contributed by atoms with Crippen molar-refractivity contribution in [2.75, 3.05) is 39.6 Å². The van der Waals surface area contributed by atoms with Gasteiger partial charge < -0.3 is 34.2 Å². The Hall–Kier alpha value is -4.31. The minimum atomic E-state index is -4.94. The fourth-order valence-electron chi connectivity index (χ4n) is 10.8. The van der Waals surface area contributed by atoms with E-state index in [0.717, 1.165) is 167 Å². The van der Waals surface area contributed by atoms with Crippen LogP contribution < -0.4 is 0 Å². The van der Waals surface area contributed by atoms with Crippen molar-refractivity contribution in [1.29, 1.82) is 0 Å². The van der Waals surface area contributed by atoms with Crippen molar-refractivity contribution >= 4 is 33.6 Å². The fraction of sp³-hybridized carbons (Fsp3) is 0.706. The molecule has 0 radical (unpaired) electrons. The van der Waals surface area contributed by atoms with Crippen LogP contribution in [0.3, 0.4) is 0 Å². The van der Waals surface area contributed by atoms with Crippen molar-refractivity contribution < 1.29 is 75.8 Å². The summed E-state index contributed by atoms with van der Waals surface area (Å²) in [5.74, 6) is -1.60. The summed E-state index contributed by atoms with van der Waals surface area (Å²) in [5, 5.41) is 20.6. The molecule has 0 rings (SSSR count). The lowest BCUT2D eigenvalue weighted by Gasteiger charge is -2.21. The Morgan fingerprint density at radius 3 is 0.767 bits per heavy atom. The van der Waals surface area contributed by atoms with Crippen LogP contribution in [-0.2, 0) is 55.8 Å². The van der Waals surface area contributed by atoms with Crippen molar-refractivity contribution in [3.8, 4) is 0 Å². The van der Waals surface area contributed by atoms with E-state index in [1.165, 1.54) is 103 Å². The van der Waals surface area contributed by atoms with Crippen LogP contribution in [0.15, 0.2) is 134 Å². The van der Waals surface area contributed by atoms with Crippen molar-refractivity contribution in [2.24, 2.45) is 0 Å². The molecule has 18 heteroatoms. The summed E-state index contributed by atoms with van der Waals surface area (Å²) in [5.41, 5.74) is 0. The van der Waals surface area contributed by atoms with Crippen LogP contribution in [0.25, 0.3) is 0 Å². The molecule has 0 heterocycles. The minimum absolute atomic E-state index is 0.0811. The van der Waals surface area contributed by atoms with Gasteiger partial charge in [0.05, 0.1) is 26.4 Å². The largest absolute Gasteiger partial charge is 0.472 e. The number of aliphatic hydroxyl groups excluding tert-OH is 2. The zero-order chi connectivity index (χ0) is 75.2. The highest BCUT2D eigenvalue weighted by Crippen LogP contribution is 2.45. The van der Waals surface area contributed by atoms with Crippen molar-refractivity contribution in [2.45, 2.75) is 347 Å². The smallest absolute Gasteiger partial charge is 0.463 e. The maximum atomic E-state index is 12.9. The number of unbranched alkanes of at least 4 members (excludes halogenated alkanes) is 31. The summed E-state index contributed by atoms with van der Waals surface area (Å²) >= 11 is 0. The van der Waals surface area contributed by atoms with E-state index in [4.69, 9.17) is 32.3 Å². The molecule has 5 atom stereocenters. The number of allylic oxidation sites excluding steroid dienone is 22. The number of ether oxygens (including phenoxy) is 3. The van der Waals surface area contributed by atoms with Gasteiger partial charge in [-0.2, -0.15) is 0 Å². The molecule has 16 nitrogen and oxygen atoms in total. The zero-order valence-corrected chi connectivity index (χ0v) is 66.5. The van der Waals surface area contributed by atoms with Gasteiger partial charge in [-0.15, -0.1) is 0 Å². The van der Waals surface area contributed by atoms with E-state index in [9.17, 15) is 43.5 Å². The normalized spacial score (nSPS) is 14.7. The van der Waals surface area contributed by atoms with Gasteiger partial charge >= 0.3 is 33.6 Å². The number of phosphoric ester groups is 2. The van der Waals surface area contributed by atoms with E-state index in [2.05, 4.69) is 154 Å². The summed E-state index contributed by atoms with van der Waals surface area (Å²) in [6.45, 7) is 2.33. The molecule has 0 bridgehead atoms. The molecular formula is C85H146O16P2. The average Bonchev–Trinajstić information content (AvgIpc) is 0.915. The van der Waals surface area contributed by atoms with Crippen molar-refractivity contribution in [3.63, 3.8) is 0 Å². The van der Waals surface area contributed by atoms with E-state index >= 15 is 0 Å². The molecule has 0 amide bonds. The van der Waals surface area contributed by atoms with E-state index in [1.54, 1.807) is 0 Å². The first kappa shape index (κ1) is 98.7. The Bertz CT molecular complexity index is 2410. The van der Waals surface area contributed by atoms with Gasteiger partial charge in [0.1, 0.15) is 25.4 Å². The molecule has 0 aromatic heterocycles.